The highest BCUT2D eigenvalue weighted by molar-refractivity contribution is 6.35. The zero-order chi connectivity index (χ0) is 20.8. The number of benzene rings is 2. The van der Waals surface area contributed by atoms with Gasteiger partial charge in [0, 0.05) is 29.2 Å². The molecule has 0 bridgehead atoms. The fourth-order valence-electron chi connectivity index (χ4n) is 3.17. The van der Waals surface area contributed by atoms with Crippen LogP contribution in [0.15, 0.2) is 65.8 Å². The number of para-hydroxylation sites is 1. The average Bonchev–Trinajstić information content (AvgIpc) is 3.00. The van der Waals surface area contributed by atoms with Crippen molar-refractivity contribution in [2.75, 3.05) is 0 Å². The fourth-order valence-corrected chi connectivity index (χ4v) is 3.17. The first-order chi connectivity index (χ1) is 14.0. The van der Waals surface area contributed by atoms with E-state index >= 15 is 0 Å². The van der Waals surface area contributed by atoms with Gasteiger partial charge in [0.15, 0.2) is 0 Å². The number of amides is 2. The van der Waals surface area contributed by atoms with E-state index in [-0.39, 0.29) is 6.54 Å². The molecule has 0 unspecified atom stereocenters. The molecule has 1 aromatic heterocycles. The van der Waals surface area contributed by atoms with Gasteiger partial charge in [0.1, 0.15) is 0 Å². The smallest absolute Gasteiger partial charge is 0.329 e. The summed E-state index contributed by atoms with van der Waals surface area (Å²) < 4.78 is 2.14. The molecule has 0 aliphatic carbocycles. The first kappa shape index (κ1) is 20.1. The minimum Gasteiger partial charge on any atom is -0.344 e. The average molecular weight is 388 g/mol. The van der Waals surface area contributed by atoms with Crippen molar-refractivity contribution in [3.8, 4) is 5.69 Å². The highest BCUT2D eigenvalue weighted by Gasteiger charge is 2.13. The van der Waals surface area contributed by atoms with Gasteiger partial charge in [0.25, 0.3) is 0 Å². The second-order valence-electron chi connectivity index (χ2n) is 6.82. The highest BCUT2D eigenvalue weighted by Crippen LogP contribution is 2.22. The maximum absolute atomic E-state index is 11.9. The molecule has 148 valence electrons. The van der Waals surface area contributed by atoms with Crippen LogP contribution in [0.4, 0.5) is 0 Å². The third-order valence-corrected chi connectivity index (χ3v) is 4.70. The van der Waals surface area contributed by atoms with Crippen LogP contribution >= 0.6 is 0 Å². The summed E-state index contributed by atoms with van der Waals surface area (Å²) in [4.78, 5) is 23.8. The van der Waals surface area contributed by atoms with Crippen LogP contribution in [0, 0.1) is 20.8 Å². The van der Waals surface area contributed by atoms with E-state index in [1.807, 2.05) is 62.4 Å². The fraction of sp³-hybridized carbons (Fsp3) is 0.174. The molecule has 0 fully saturated rings. The lowest BCUT2D eigenvalue weighted by Crippen LogP contribution is -2.37. The van der Waals surface area contributed by atoms with Gasteiger partial charge in [-0.15, -0.1) is 0 Å². The highest BCUT2D eigenvalue weighted by atomic mass is 16.2. The molecule has 6 nitrogen and oxygen atoms in total. The standard InChI is InChI=1S/C23H24N4O2/c1-16-9-7-8-12-21(16)27-17(2)13-20(18(27)3)15-25-26-23(29)22(28)24-14-19-10-5-4-6-11-19/h4-13,15H,14H2,1-3H3,(H,24,28)(H,26,29)/b25-15-. The predicted molar refractivity (Wildman–Crippen MR) is 114 cm³/mol. The van der Waals surface area contributed by atoms with E-state index in [2.05, 4.69) is 39.5 Å². The topological polar surface area (TPSA) is 75.5 Å². The Morgan fingerprint density at radius 1 is 0.966 bits per heavy atom. The number of hydrogen-bond donors (Lipinski definition) is 2. The molecular weight excluding hydrogens is 364 g/mol. The van der Waals surface area contributed by atoms with Crippen LogP contribution in [0.5, 0.6) is 0 Å². The summed E-state index contributed by atoms with van der Waals surface area (Å²) in [6.45, 7) is 6.37. The lowest BCUT2D eigenvalue weighted by Gasteiger charge is -2.12. The number of nitrogens with one attached hydrogen (secondary N) is 2. The quantitative estimate of drug-likeness (QED) is 0.400. The van der Waals surface area contributed by atoms with Crippen molar-refractivity contribution in [1.29, 1.82) is 0 Å². The molecule has 0 aliphatic heterocycles. The Morgan fingerprint density at radius 3 is 2.38 bits per heavy atom. The number of nitrogens with zero attached hydrogens (tertiary/aromatic N) is 2. The van der Waals surface area contributed by atoms with Crippen LogP contribution in [0.25, 0.3) is 5.69 Å². The van der Waals surface area contributed by atoms with Crippen LogP contribution in [0.2, 0.25) is 0 Å². The van der Waals surface area contributed by atoms with E-state index in [1.165, 1.54) is 5.56 Å². The van der Waals surface area contributed by atoms with Crippen molar-refractivity contribution in [1.82, 2.24) is 15.3 Å². The van der Waals surface area contributed by atoms with Crippen molar-refractivity contribution in [3.63, 3.8) is 0 Å². The van der Waals surface area contributed by atoms with Crippen molar-refractivity contribution >= 4 is 18.0 Å². The number of carbonyl (C=O) groups excluding carboxylic acids is 2. The van der Waals surface area contributed by atoms with E-state index < -0.39 is 11.8 Å². The van der Waals surface area contributed by atoms with Crippen LogP contribution in [-0.4, -0.2) is 22.6 Å². The molecule has 29 heavy (non-hydrogen) atoms. The Labute approximate surface area is 170 Å². The molecule has 0 saturated heterocycles. The summed E-state index contributed by atoms with van der Waals surface area (Å²) in [6, 6.07) is 19.5. The van der Waals surface area contributed by atoms with Crippen molar-refractivity contribution in [3.05, 3.63) is 88.7 Å². The molecule has 3 rings (SSSR count). The molecule has 3 aromatic rings. The SMILES string of the molecule is Cc1ccccc1-n1c(C)cc(/C=N\NC(=O)C(=O)NCc2ccccc2)c1C. The van der Waals surface area contributed by atoms with Crippen molar-refractivity contribution in [2.24, 2.45) is 5.10 Å². The van der Waals surface area contributed by atoms with Gasteiger partial charge >= 0.3 is 11.8 Å². The lowest BCUT2D eigenvalue weighted by molar-refractivity contribution is -0.139. The number of carbonyl (C=O) groups is 2. The van der Waals surface area contributed by atoms with Gasteiger partial charge in [0.2, 0.25) is 0 Å². The van der Waals surface area contributed by atoms with Gasteiger partial charge in [-0.05, 0) is 44.0 Å². The molecule has 6 heteroatoms. The van der Waals surface area contributed by atoms with E-state index in [0.717, 1.165) is 28.2 Å². The Morgan fingerprint density at radius 2 is 1.66 bits per heavy atom. The van der Waals surface area contributed by atoms with Crippen LogP contribution in [0.3, 0.4) is 0 Å². The number of rotatable bonds is 5. The van der Waals surface area contributed by atoms with E-state index in [4.69, 9.17) is 0 Å². The monoisotopic (exact) mass is 388 g/mol. The van der Waals surface area contributed by atoms with Gasteiger partial charge in [-0.3, -0.25) is 9.59 Å². The predicted octanol–water partition coefficient (Wildman–Crippen LogP) is 3.17. The molecule has 0 atom stereocenters. The van der Waals surface area contributed by atoms with Gasteiger partial charge in [0.05, 0.1) is 6.21 Å². The molecule has 2 N–H and O–H groups in total. The number of hydrazone groups is 1. The summed E-state index contributed by atoms with van der Waals surface area (Å²) in [5.41, 5.74) is 8.41. The van der Waals surface area contributed by atoms with Gasteiger partial charge in [-0.25, -0.2) is 5.43 Å². The zero-order valence-corrected chi connectivity index (χ0v) is 16.8. The number of hydrogen-bond acceptors (Lipinski definition) is 3. The summed E-state index contributed by atoms with van der Waals surface area (Å²) in [7, 11) is 0. The molecule has 0 spiro atoms. The molecule has 0 aliphatic rings. The summed E-state index contributed by atoms with van der Waals surface area (Å²) in [6.07, 6.45) is 1.56. The van der Waals surface area contributed by atoms with Crippen molar-refractivity contribution < 1.29 is 9.59 Å². The Hall–Kier alpha value is -3.67. The summed E-state index contributed by atoms with van der Waals surface area (Å²) >= 11 is 0. The molecule has 2 amide bonds. The second kappa shape index (κ2) is 9.01. The minimum absolute atomic E-state index is 0.286. The van der Waals surface area contributed by atoms with Gasteiger partial charge < -0.3 is 9.88 Å². The summed E-state index contributed by atoms with van der Waals surface area (Å²) in [5.74, 6) is -1.53. The molecular formula is C23H24N4O2. The molecule has 0 radical (unpaired) electrons. The molecule has 2 aromatic carbocycles. The third kappa shape index (κ3) is 4.79. The van der Waals surface area contributed by atoms with E-state index in [1.54, 1.807) is 6.21 Å². The van der Waals surface area contributed by atoms with E-state index in [0.29, 0.717) is 0 Å². The lowest BCUT2D eigenvalue weighted by atomic mass is 10.2. The molecule has 1 heterocycles. The zero-order valence-electron chi connectivity index (χ0n) is 16.8. The maximum atomic E-state index is 11.9. The first-order valence-corrected chi connectivity index (χ1v) is 9.37. The van der Waals surface area contributed by atoms with Crippen LogP contribution < -0.4 is 10.7 Å². The molecule has 0 saturated carbocycles. The number of aryl methyl sites for hydroxylation is 2. The first-order valence-electron chi connectivity index (χ1n) is 9.37. The normalized spacial score (nSPS) is 10.9. The largest absolute Gasteiger partial charge is 0.344 e. The minimum atomic E-state index is -0.801. The van der Waals surface area contributed by atoms with Crippen molar-refractivity contribution in [2.45, 2.75) is 27.3 Å². The summed E-state index contributed by atoms with van der Waals surface area (Å²) in [5, 5.41) is 6.52. The van der Waals surface area contributed by atoms with Crippen LogP contribution in [0.1, 0.15) is 28.1 Å². The Bertz CT molecular complexity index is 1050. The Balaban J connectivity index is 1.63. The number of aromatic nitrogens is 1. The van der Waals surface area contributed by atoms with Gasteiger partial charge in [-0.2, -0.15) is 5.10 Å². The second-order valence-corrected chi connectivity index (χ2v) is 6.82. The van der Waals surface area contributed by atoms with E-state index in [9.17, 15) is 9.59 Å². The Kier molecular flexibility index (Phi) is 6.24. The van der Waals surface area contributed by atoms with Gasteiger partial charge in [-0.1, -0.05) is 48.5 Å². The third-order valence-electron chi connectivity index (χ3n) is 4.70. The maximum Gasteiger partial charge on any atom is 0.329 e. The van der Waals surface area contributed by atoms with Crippen LogP contribution in [-0.2, 0) is 16.1 Å².